The molecule has 0 aliphatic heterocycles. The van der Waals surface area contributed by atoms with Crippen molar-refractivity contribution in [1.82, 2.24) is 24.9 Å². The fourth-order valence-corrected chi connectivity index (χ4v) is 6.44. The molecule has 9 rings (SSSR count). The molecule has 50 heavy (non-hydrogen) atoms. The highest BCUT2D eigenvalue weighted by atomic mass is 14.9. The summed E-state index contributed by atoms with van der Waals surface area (Å²) in [6.07, 6.45) is 1.77. The van der Waals surface area contributed by atoms with E-state index in [1.54, 1.807) is 6.20 Å². The predicted octanol–water partition coefficient (Wildman–Crippen LogP) is 11.0. The van der Waals surface area contributed by atoms with E-state index in [0.717, 1.165) is 83.7 Å². The molecule has 0 aliphatic carbocycles. The zero-order chi connectivity index (χ0) is 33.3. The third-order valence-electron chi connectivity index (χ3n) is 8.94. The van der Waals surface area contributed by atoms with E-state index in [-0.39, 0.29) is 0 Å². The Hall–Kier alpha value is -6.85. The molecule has 5 aromatic carbocycles. The van der Waals surface area contributed by atoms with Crippen molar-refractivity contribution < 1.29 is 0 Å². The fraction of sp³-hybridized carbons (Fsp3) is 0. The van der Waals surface area contributed by atoms with Gasteiger partial charge in [0.15, 0.2) is 5.82 Å². The summed E-state index contributed by atoms with van der Waals surface area (Å²) in [4.78, 5) is 25.0. The van der Waals surface area contributed by atoms with E-state index in [1.165, 1.54) is 0 Å². The standard InChI is InChI=1S/C45H29N5/c1-4-13-30(14-5-1)37-28-40(31-15-6-2-7-16-31)48-44-36(37)24-22-33-23-25-38(47-43(33)44)34-19-12-20-35(27-34)42-29-41(32-17-8-3-9-18-32)49-45(50-42)39-21-10-11-26-46-39/h1-29H. The van der Waals surface area contributed by atoms with E-state index in [9.17, 15) is 0 Å². The molecule has 0 saturated heterocycles. The fourth-order valence-electron chi connectivity index (χ4n) is 6.44. The zero-order valence-electron chi connectivity index (χ0n) is 27.0. The topological polar surface area (TPSA) is 64.5 Å². The van der Waals surface area contributed by atoms with Crippen LogP contribution >= 0.6 is 0 Å². The van der Waals surface area contributed by atoms with Crippen LogP contribution in [0.1, 0.15) is 0 Å². The number of benzene rings is 5. The Bertz CT molecular complexity index is 2570. The second-order valence-electron chi connectivity index (χ2n) is 12.1. The minimum absolute atomic E-state index is 0.581. The molecule has 4 heterocycles. The molecule has 4 aromatic heterocycles. The number of hydrogen-bond acceptors (Lipinski definition) is 5. The molecule has 0 spiro atoms. The van der Waals surface area contributed by atoms with Crippen molar-refractivity contribution in [3.8, 4) is 67.7 Å². The van der Waals surface area contributed by atoms with Crippen molar-refractivity contribution in [1.29, 1.82) is 0 Å². The molecule has 5 nitrogen and oxygen atoms in total. The predicted molar refractivity (Wildman–Crippen MR) is 203 cm³/mol. The van der Waals surface area contributed by atoms with Gasteiger partial charge in [0, 0.05) is 39.2 Å². The van der Waals surface area contributed by atoms with Crippen LogP contribution in [0.3, 0.4) is 0 Å². The number of pyridine rings is 3. The third-order valence-corrected chi connectivity index (χ3v) is 8.94. The Labute approximate surface area is 289 Å². The van der Waals surface area contributed by atoms with Gasteiger partial charge in [0.1, 0.15) is 5.69 Å². The van der Waals surface area contributed by atoms with Crippen molar-refractivity contribution in [2.75, 3.05) is 0 Å². The lowest BCUT2D eigenvalue weighted by Gasteiger charge is -2.13. The summed E-state index contributed by atoms with van der Waals surface area (Å²) in [5, 5.41) is 2.11. The van der Waals surface area contributed by atoms with Gasteiger partial charge < -0.3 is 0 Å². The molecule has 5 heteroatoms. The lowest BCUT2D eigenvalue weighted by atomic mass is 9.97. The van der Waals surface area contributed by atoms with Crippen molar-refractivity contribution in [3.63, 3.8) is 0 Å². The molecule has 0 N–H and O–H groups in total. The van der Waals surface area contributed by atoms with Gasteiger partial charge >= 0.3 is 0 Å². The molecule has 0 saturated carbocycles. The maximum absolute atomic E-state index is 5.30. The average Bonchev–Trinajstić information content (AvgIpc) is 3.21. The van der Waals surface area contributed by atoms with Crippen LogP contribution in [0, 0.1) is 0 Å². The van der Waals surface area contributed by atoms with Crippen LogP contribution in [0.15, 0.2) is 176 Å². The number of fused-ring (bicyclic) bond motifs is 3. The molecular weight excluding hydrogens is 611 g/mol. The zero-order valence-corrected chi connectivity index (χ0v) is 27.0. The van der Waals surface area contributed by atoms with Crippen molar-refractivity contribution >= 4 is 21.8 Å². The smallest absolute Gasteiger partial charge is 0.179 e. The Morgan fingerprint density at radius 3 is 1.56 bits per heavy atom. The van der Waals surface area contributed by atoms with E-state index >= 15 is 0 Å². The Morgan fingerprint density at radius 2 is 0.880 bits per heavy atom. The molecule has 0 fully saturated rings. The summed E-state index contributed by atoms with van der Waals surface area (Å²) in [6, 6.07) is 58.0. The molecular formula is C45H29N5. The Balaban J connectivity index is 1.20. The van der Waals surface area contributed by atoms with Crippen molar-refractivity contribution in [2.45, 2.75) is 0 Å². The van der Waals surface area contributed by atoms with Gasteiger partial charge in [0.05, 0.1) is 33.8 Å². The van der Waals surface area contributed by atoms with Gasteiger partial charge in [-0.2, -0.15) is 0 Å². The van der Waals surface area contributed by atoms with Gasteiger partial charge in [0.2, 0.25) is 0 Å². The summed E-state index contributed by atoms with van der Waals surface area (Å²) in [5.74, 6) is 0.581. The van der Waals surface area contributed by atoms with Crippen LogP contribution in [-0.2, 0) is 0 Å². The molecule has 0 radical (unpaired) electrons. The second kappa shape index (κ2) is 12.6. The lowest BCUT2D eigenvalue weighted by Crippen LogP contribution is -1.97. The van der Waals surface area contributed by atoms with Crippen molar-refractivity contribution in [2.24, 2.45) is 0 Å². The summed E-state index contributed by atoms with van der Waals surface area (Å²) in [6.45, 7) is 0. The van der Waals surface area contributed by atoms with E-state index < -0.39 is 0 Å². The maximum atomic E-state index is 5.30. The summed E-state index contributed by atoms with van der Waals surface area (Å²) in [5.41, 5.74) is 12.2. The van der Waals surface area contributed by atoms with Gasteiger partial charge in [-0.15, -0.1) is 0 Å². The van der Waals surface area contributed by atoms with E-state index in [2.05, 4.69) is 120 Å². The maximum Gasteiger partial charge on any atom is 0.179 e. The van der Waals surface area contributed by atoms with Gasteiger partial charge in [-0.1, -0.05) is 133 Å². The summed E-state index contributed by atoms with van der Waals surface area (Å²) >= 11 is 0. The number of rotatable bonds is 6. The van der Waals surface area contributed by atoms with Crippen LogP contribution in [0.4, 0.5) is 0 Å². The van der Waals surface area contributed by atoms with Crippen LogP contribution in [0.25, 0.3) is 89.5 Å². The van der Waals surface area contributed by atoms with E-state index in [4.69, 9.17) is 19.9 Å². The molecule has 0 bridgehead atoms. The van der Waals surface area contributed by atoms with Crippen LogP contribution in [0.5, 0.6) is 0 Å². The summed E-state index contributed by atoms with van der Waals surface area (Å²) < 4.78 is 0. The van der Waals surface area contributed by atoms with Crippen LogP contribution < -0.4 is 0 Å². The normalized spacial score (nSPS) is 11.2. The third kappa shape index (κ3) is 5.57. The average molecular weight is 640 g/mol. The first kappa shape index (κ1) is 29.3. The highest BCUT2D eigenvalue weighted by Gasteiger charge is 2.15. The highest BCUT2D eigenvalue weighted by molar-refractivity contribution is 6.09. The molecule has 0 aliphatic rings. The number of aromatic nitrogens is 5. The number of nitrogens with zero attached hydrogens (tertiary/aromatic N) is 5. The van der Waals surface area contributed by atoms with E-state index in [0.29, 0.717) is 5.82 Å². The molecule has 234 valence electrons. The largest absolute Gasteiger partial charge is 0.253 e. The quantitative estimate of drug-likeness (QED) is 0.169. The van der Waals surface area contributed by atoms with Crippen LogP contribution in [0.2, 0.25) is 0 Å². The van der Waals surface area contributed by atoms with Gasteiger partial charge in [-0.05, 0) is 47.5 Å². The van der Waals surface area contributed by atoms with Crippen LogP contribution in [-0.4, -0.2) is 24.9 Å². The minimum atomic E-state index is 0.581. The first-order valence-electron chi connectivity index (χ1n) is 16.6. The first-order valence-corrected chi connectivity index (χ1v) is 16.6. The first-order chi connectivity index (χ1) is 24.8. The Morgan fingerprint density at radius 1 is 0.320 bits per heavy atom. The second-order valence-corrected chi connectivity index (χ2v) is 12.1. The highest BCUT2D eigenvalue weighted by Crippen LogP contribution is 2.36. The minimum Gasteiger partial charge on any atom is -0.253 e. The van der Waals surface area contributed by atoms with Gasteiger partial charge in [-0.25, -0.2) is 19.9 Å². The number of hydrogen-bond donors (Lipinski definition) is 0. The van der Waals surface area contributed by atoms with Gasteiger partial charge in [0.25, 0.3) is 0 Å². The van der Waals surface area contributed by atoms with E-state index in [1.807, 2.05) is 54.6 Å². The summed E-state index contributed by atoms with van der Waals surface area (Å²) in [7, 11) is 0. The molecule has 9 aromatic rings. The molecule has 0 unspecified atom stereocenters. The lowest BCUT2D eigenvalue weighted by molar-refractivity contribution is 1.15. The molecule has 0 amide bonds. The SMILES string of the molecule is c1ccc(-c2cc(-c3cccc(-c4ccc5ccc6c(-c7ccccc7)cc(-c7ccccc7)nc6c5n4)c3)nc(-c3ccccn3)n2)cc1. The van der Waals surface area contributed by atoms with Crippen molar-refractivity contribution in [3.05, 3.63) is 176 Å². The monoisotopic (exact) mass is 639 g/mol. The van der Waals surface area contributed by atoms with Gasteiger partial charge in [-0.3, -0.25) is 4.98 Å². The Kier molecular flexibility index (Phi) is 7.41. The molecule has 0 atom stereocenters.